The molecule has 2 atom stereocenters. The van der Waals surface area contributed by atoms with E-state index in [0.717, 1.165) is 13.0 Å². The van der Waals surface area contributed by atoms with Crippen molar-refractivity contribution in [2.24, 2.45) is 0 Å². The topological polar surface area (TPSA) is 9.23 Å². The second kappa shape index (κ2) is 4.89. The standard InChI is InChI=1S/C14H19BrO/c1-14(2,15)13-9-8-12(10-16-13)11-6-4-3-5-7-11/h3-7,12-13H,8-10H2,1-2H3/t12-,13+/m1/s1. The van der Waals surface area contributed by atoms with E-state index < -0.39 is 0 Å². The summed E-state index contributed by atoms with van der Waals surface area (Å²) >= 11 is 3.69. The van der Waals surface area contributed by atoms with Gasteiger partial charge < -0.3 is 4.74 Å². The van der Waals surface area contributed by atoms with E-state index in [0.29, 0.717) is 12.0 Å². The third kappa shape index (κ3) is 2.86. The van der Waals surface area contributed by atoms with E-state index in [1.165, 1.54) is 12.0 Å². The Bertz CT molecular complexity index is 320. The van der Waals surface area contributed by atoms with E-state index in [1.807, 2.05) is 0 Å². The predicted molar refractivity (Wildman–Crippen MR) is 71.2 cm³/mol. The number of ether oxygens (including phenoxy) is 1. The van der Waals surface area contributed by atoms with Gasteiger partial charge in [0.1, 0.15) is 0 Å². The van der Waals surface area contributed by atoms with Crippen LogP contribution in [0.1, 0.15) is 38.2 Å². The van der Waals surface area contributed by atoms with E-state index in [4.69, 9.17) is 4.74 Å². The van der Waals surface area contributed by atoms with E-state index in [1.54, 1.807) is 0 Å². The van der Waals surface area contributed by atoms with Crippen LogP contribution in [0.2, 0.25) is 0 Å². The van der Waals surface area contributed by atoms with Crippen molar-refractivity contribution in [1.29, 1.82) is 0 Å². The first-order valence-corrected chi connectivity index (χ1v) is 6.72. The van der Waals surface area contributed by atoms with Crippen LogP contribution >= 0.6 is 15.9 Å². The van der Waals surface area contributed by atoms with Crippen LogP contribution in [0.4, 0.5) is 0 Å². The van der Waals surface area contributed by atoms with Crippen molar-refractivity contribution in [3.63, 3.8) is 0 Å². The van der Waals surface area contributed by atoms with E-state index >= 15 is 0 Å². The maximum atomic E-state index is 5.96. The Morgan fingerprint density at radius 2 is 1.88 bits per heavy atom. The zero-order chi connectivity index (χ0) is 11.6. The normalized spacial score (nSPS) is 26.7. The molecule has 1 aromatic rings. The van der Waals surface area contributed by atoms with Gasteiger partial charge in [-0.2, -0.15) is 0 Å². The second-order valence-electron chi connectivity index (χ2n) is 5.07. The smallest absolute Gasteiger partial charge is 0.0723 e. The number of hydrogen-bond acceptors (Lipinski definition) is 1. The third-order valence-corrected chi connectivity index (χ3v) is 3.82. The fourth-order valence-corrected chi connectivity index (χ4v) is 2.64. The minimum Gasteiger partial charge on any atom is -0.376 e. The van der Waals surface area contributed by atoms with Crippen molar-refractivity contribution < 1.29 is 4.74 Å². The Balaban J connectivity index is 1.96. The highest BCUT2D eigenvalue weighted by Crippen LogP contribution is 2.35. The summed E-state index contributed by atoms with van der Waals surface area (Å²) in [5.41, 5.74) is 1.41. The first-order valence-electron chi connectivity index (χ1n) is 5.93. The number of hydrogen-bond donors (Lipinski definition) is 0. The van der Waals surface area contributed by atoms with Gasteiger partial charge >= 0.3 is 0 Å². The Kier molecular flexibility index (Phi) is 3.70. The highest BCUT2D eigenvalue weighted by molar-refractivity contribution is 9.10. The lowest BCUT2D eigenvalue weighted by Gasteiger charge is -2.36. The van der Waals surface area contributed by atoms with Crippen molar-refractivity contribution in [2.45, 2.75) is 43.0 Å². The van der Waals surface area contributed by atoms with Gasteiger partial charge in [-0.3, -0.25) is 0 Å². The van der Waals surface area contributed by atoms with Crippen LogP contribution in [0.25, 0.3) is 0 Å². The zero-order valence-electron chi connectivity index (χ0n) is 9.95. The molecule has 1 aromatic carbocycles. The molecule has 1 aliphatic rings. The van der Waals surface area contributed by atoms with Crippen molar-refractivity contribution in [2.75, 3.05) is 6.61 Å². The van der Waals surface area contributed by atoms with E-state index in [2.05, 4.69) is 60.1 Å². The summed E-state index contributed by atoms with van der Waals surface area (Å²) in [6.45, 7) is 5.21. The molecule has 1 heterocycles. The monoisotopic (exact) mass is 282 g/mol. The van der Waals surface area contributed by atoms with Crippen LogP contribution in [-0.2, 0) is 4.74 Å². The van der Waals surface area contributed by atoms with Gasteiger partial charge in [0, 0.05) is 10.2 Å². The number of alkyl halides is 1. The molecular formula is C14H19BrO. The molecular weight excluding hydrogens is 264 g/mol. The van der Waals surface area contributed by atoms with Gasteiger partial charge in [0.05, 0.1) is 12.7 Å². The van der Waals surface area contributed by atoms with Crippen molar-refractivity contribution in [3.05, 3.63) is 35.9 Å². The highest BCUT2D eigenvalue weighted by atomic mass is 79.9. The highest BCUT2D eigenvalue weighted by Gasteiger charge is 2.32. The Morgan fingerprint density at radius 3 is 2.38 bits per heavy atom. The summed E-state index contributed by atoms with van der Waals surface area (Å²) in [7, 11) is 0. The molecule has 1 nitrogen and oxygen atoms in total. The van der Waals surface area contributed by atoms with Crippen LogP contribution in [0.15, 0.2) is 30.3 Å². The lowest BCUT2D eigenvalue weighted by molar-refractivity contribution is -0.0112. The minimum atomic E-state index is 0.0919. The molecule has 0 unspecified atom stereocenters. The molecule has 88 valence electrons. The van der Waals surface area contributed by atoms with Crippen molar-refractivity contribution in [1.82, 2.24) is 0 Å². The van der Waals surface area contributed by atoms with Crippen LogP contribution < -0.4 is 0 Å². The predicted octanol–water partition coefficient (Wildman–Crippen LogP) is 4.12. The van der Waals surface area contributed by atoms with Gasteiger partial charge in [-0.05, 0) is 32.3 Å². The Morgan fingerprint density at radius 1 is 1.19 bits per heavy atom. The molecule has 0 spiro atoms. The summed E-state index contributed by atoms with van der Waals surface area (Å²) < 4.78 is 6.05. The molecule has 0 bridgehead atoms. The lowest BCUT2D eigenvalue weighted by atomic mass is 9.88. The maximum Gasteiger partial charge on any atom is 0.0723 e. The molecule has 2 heteroatoms. The zero-order valence-corrected chi connectivity index (χ0v) is 11.5. The molecule has 0 aliphatic carbocycles. The summed E-state index contributed by atoms with van der Waals surface area (Å²) in [6.07, 6.45) is 2.70. The SMILES string of the molecule is CC(C)(Br)[C@@H]1CC[C@@H](c2ccccc2)CO1. The lowest BCUT2D eigenvalue weighted by Crippen LogP contribution is -2.37. The van der Waals surface area contributed by atoms with Crippen LogP contribution in [-0.4, -0.2) is 17.0 Å². The quantitative estimate of drug-likeness (QED) is 0.742. The van der Waals surface area contributed by atoms with Crippen LogP contribution in [0.3, 0.4) is 0 Å². The Hall–Kier alpha value is -0.340. The molecule has 0 aromatic heterocycles. The Labute approximate surface area is 106 Å². The fraction of sp³-hybridized carbons (Fsp3) is 0.571. The number of halogens is 1. The molecule has 16 heavy (non-hydrogen) atoms. The molecule has 0 radical (unpaired) electrons. The van der Waals surface area contributed by atoms with Gasteiger partial charge in [-0.1, -0.05) is 46.3 Å². The summed E-state index contributed by atoms with van der Waals surface area (Å²) in [5.74, 6) is 0.576. The molecule has 0 N–H and O–H groups in total. The van der Waals surface area contributed by atoms with Crippen molar-refractivity contribution in [3.8, 4) is 0 Å². The number of benzene rings is 1. The molecule has 1 fully saturated rings. The summed E-state index contributed by atoms with van der Waals surface area (Å²) in [4.78, 5) is 0. The van der Waals surface area contributed by atoms with Gasteiger partial charge in [0.2, 0.25) is 0 Å². The maximum absolute atomic E-state index is 5.96. The van der Waals surface area contributed by atoms with Crippen LogP contribution in [0, 0.1) is 0 Å². The molecule has 0 saturated carbocycles. The summed E-state index contributed by atoms with van der Waals surface area (Å²) in [6, 6.07) is 10.7. The van der Waals surface area contributed by atoms with Gasteiger partial charge in [0.15, 0.2) is 0 Å². The largest absolute Gasteiger partial charge is 0.376 e. The van der Waals surface area contributed by atoms with Crippen LogP contribution in [0.5, 0.6) is 0 Å². The average Bonchev–Trinajstić information content (AvgIpc) is 2.29. The summed E-state index contributed by atoms with van der Waals surface area (Å²) in [5, 5.41) is 0. The molecule has 1 saturated heterocycles. The number of rotatable bonds is 2. The molecule has 2 rings (SSSR count). The van der Waals surface area contributed by atoms with Crippen molar-refractivity contribution >= 4 is 15.9 Å². The second-order valence-corrected chi connectivity index (χ2v) is 7.12. The van der Waals surface area contributed by atoms with Gasteiger partial charge in [-0.25, -0.2) is 0 Å². The van der Waals surface area contributed by atoms with E-state index in [9.17, 15) is 0 Å². The molecule has 0 amide bonds. The third-order valence-electron chi connectivity index (χ3n) is 3.31. The average molecular weight is 283 g/mol. The van der Waals surface area contributed by atoms with E-state index in [-0.39, 0.29) is 4.32 Å². The fourth-order valence-electron chi connectivity index (χ4n) is 2.28. The first kappa shape index (κ1) is 12.1. The molecule has 1 aliphatic heterocycles. The van der Waals surface area contributed by atoms with Gasteiger partial charge in [-0.15, -0.1) is 0 Å². The minimum absolute atomic E-state index is 0.0919. The first-order chi connectivity index (χ1) is 7.57. The van der Waals surface area contributed by atoms with Gasteiger partial charge in [0.25, 0.3) is 0 Å².